The molecule has 0 heterocycles. The molecule has 1 aromatic carbocycles. The van der Waals surface area contributed by atoms with Crippen molar-refractivity contribution in [3.63, 3.8) is 0 Å². The van der Waals surface area contributed by atoms with Crippen LogP contribution in [0.4, 0.5) is 5.69 Å². The van der Waals surface area contributed by atoms with Crippen LogP contribution < -0.4 is 15.8 Å². The third kappa shape index (κ3) is 5.43. The zero-order chi connectivity index (χ0) is 15.8. The van der Waals surface area contributed by atoms with Gasteiger partial charge in [-0.15, -0.1) is 0 Å². The van der Waals surface area contributed by atoms with Gasteiger partial charge in [0.1, 0.15) is 5.75 Å². The van der Waals surface area contributed by atoms with E-state index in [9.17, 15) is 9.59 Å². The minimum absolute atomic E-state index is 0.0475. The molecule has 0 spiro atoms. The van der Waals surface area contributed by atoms with Crippen molar-refractivity contribution >= 4 is 17.6 Å². The highest BCUT2D eigenvalue weighted by molar-refractivity contribution is 5.96. The van der Waals surface area contributed by atoms with Crippen molar-refractivity contribution < 1.29 is 19.1 Å². The van der Waals surface area contributed by atoms with Gasteiger partial charge < -0.3 is 20.5 Å². The predicted octanol–water partition coefficient (Wildman–Crippen LogP) is 1.94. The largest absolute Gasteiger partial charge is 0.489 e. The number of esters is 1. The Hall–Kier alpha value is -2.08. The van der Waals surface area contributed by atoms with E-state index in [0.717, 1.165) is 0 Å². The molecule has 3 N–H and O–H groups in total. The molecule has 0 unspecified atom stereocenters. The molecule has 0 aliphatic rings. The lowest BCUT2D eigenvalue weighted by Gasteiger charge is -2.16. The maximum absolute atomic E-state index is 11.8. The molecule has 1 rings (SSSR count). The Labute approximate surface area is 124 Å². The molecular weight excluding hydrogens is 272 g/mol. The SMILES string of the molecule is COC(=O)c1ccc(OC(C)C)c(NC(=O)CCCN)c1. The van der Waals surface area contributed by atoms with Crippen molar-refractivity contribution in [1.82, 2.24) is 0 Å². The van der Waals surface area contributed by atoms with Gasteiger partial charge in [0, 0.05) is 6.42 Å². The van der Waals surface area contributed by atoms with Gasteiger partial charge >= 0.3 is 5.97 Å². The van der Waals surface area contributed by atoms with E-state index in [2.05, 4.69) is 10.1 Å². The summed E-state index contributed by atoms with van der Waals surface area (Å²) in [6.07, 6.45) is 0.872. The second kappa shape index (κ2) is 8.26. The van der Waals surface area contributed by atoms with Gasteiger partial charge in [0.2, 0.25) is 5.91 Å². The Kier molecular flexibility index (Phi) is 6.68. The van der Waals surface area contributed by atoms with E-state index in [1.165, 1.54) is 7.11 Å². The molecule has 0 saturated carbocycles. The lowest BCUT2D eigenvalue weighted by molar-refractivity contribution is -0.116. The van der Waals surface area contributed by atoms with Gasteiger partial charge in [-0.25, -0.2) is 4.79 Å². The van der Waals surface area contributed by atoms with E-state index >= 15 is 0 Å². The molecule has 0 aromatic heterocycles. The summed E-state index contributed by atoms with van der Waals surface area (Å²) in [7, 11) is 1.31. The molecule has 0 atom stereocenters. The van der Waals surface area contributed by atoms with Gasteiger partial charge in [-0.1, -0.05) is 0 Å². The number of amides is 1. The Balaban J connectivity index is 2.98. The molecule has 0 fully saturated rings. The third-order valence-electron chi connectivity index (χ3n) is 2.65. The fourth-order valence-corrected chi connectivity index (χ4v) is 1.70. The van der Waals surface area contributed by atoms with Crippen LogP contribution in [0.3, 0.4) is 0 Å². The summed E-state index contributed by atoms with van der Waals surface area (Å²) >= 11 is 0. The van der Waals surface area contributed by atoms with Crippen LogP contribution in [0.25, 0.3) is 0 Å². The van der Waals surface area contributed by atoms with Crippen LogP contribution in [0.15, 0.2) is 18.2 Å². The first-order valence-corrected chi connectivity index (χ1v) is 6.86. The van der Waals surface area contributed by atoms with E-state index in [-0.39, 0.29) is 12.0 Å². The van der Waals surface area contributed by atoms with Gasteiger partial charge in [0.05, 0.1) is 24.5 Å². The van der Waals surface area contributed by atoms with E-state index in [4.69, 9.17) is 10.5 Å². The molecule has 116 valence electrons. The van der Waals surface area contributed by atoms with E-state index < -0.39 is 5.97 Å². The molecule has 0 bridgehead atoms. The van der Waals surface area contributed by atoms with Gasteiger partial charge in [0.25, 0.3) is 0 Å². The summed E-state index contributed by atoms with van der Waals surface area (Å²) in [6.45, 7) is 4.22. The molecule has 21 heavy (non-hydrogen) atoms. The average Bonchev–Trinajstić information content (AvgIpc) is 2.45. The molecule has 6 nitrogen and oxygen atoms in total. The maximum atomic E-state index is 11.8. The van der Waals surface area contributed by atoms with Crippen molar-refractivity contribution in [2.45, 2.75) is 32.8 Å². The van der Waals surface area contributed by atoms with Crippen LogP contribution >= 0.6 is 0 Å². The smallest absolute Gasteiger partial charge is 0.337 e. The molecule has 6 heteroatoms. The van der Waals surface area contributed by atoms with Crippen molar-refractivity contribution in [1.29, 1.82) is 0 Å². The van der Waals surface area contributed by atoms with Gasteiger partial charge in [-0.05, 0) is 45.0 Å². The fourth-order valence-electron chi connectivity index (χ4n) is 1.70. The standard InChI is InChI=1S/C15H22N2O4/c1-10(2)21-13-7-6-11(15(19)20-3)9-12(13)17-14(18)5-4-8-16/h6-7,9-10H,4-5,8,16H2,1-3H3,(H,17,18). The number of hydrogen-bond donors (Lipinski definition) is 2. The molecular formula is C15H22N2O4. The van der Waals surface area contributed by atoms with Crippen molar-refractivity contribution in [3.05, 3.63) is 23.8 Å². The van der Waals surface area contributed by atoms with Crippen molar-refractivity contribution in [2.75, 3.05) is 19.0 Å². The lowest BCUT2D eigenvalue weighted by atomic mass is 10.1. The number of carbonyl (C=O) groups excluding carboxylic acids is 2. The number of ether oxygens (including phenoxy) is 2. The van der Waals surface area contributed by atoms with E-state index in [1.807, 2.05) is 13.8 Å². The molecule has 1 aromatic rings. The fraction of sp³-hybridized carbons (Fsp3) is 0.467. The first-order valence-electron chi connectivity index (χ1n) is 6.86. The van der Waals surface area contributed by atoms with Crippen molar-refractivity contribution in [2.24, 2.45) is 5.73 Å². The summed E-state index contributed by atoms with van der Waals surface area (Å²) in [5.74, 6) is -0.127. The zero-order valence-electron chi connectivity index (χ0n) is 12.6. The number of carbonyl (C=O) groups is 2. The van der Waals surface area contributed by atoms with Gasteiger partial charge in [0.15, 0.2) is 0 Å². The third-order valence-corrected chi connectivity index (χ3v) is 2.65. The van der Waals surface area contributed by atoms with Crippen LogP contribution in [-0.2, 0) is 9.53 Å². The predicted molar refractivity (Wildman–Crippen MR) is 80.5 cm³/mol. The first kappa shape index (κ1) is 17.0. The number of benzene rings is 1. The Morgan fingerprint density at radius 3 is 2.62 bits per heavy atom. The van der Waals surface area contributed by atoms with E-state index in [0.29, 0.717) is 36.4 Å². The summed E-state index contributed by atoms with van der Waals surface area (Å²) in [6, 6.07) is 4.79. The molecule has 0 saturated heterocycles. The first-order chi connectivity index (χ1) is 9.97. The summed E-state index contributed by atoms with van der Waals surface area (Å²) < 4.78 is 10.3. The molecule has 0 radical (unpaired) electrons. The Morgan fingerprint density at radius 2 is 2.05 bits per heavy atom. The maximum Gasteiger partial charge on any atom is 0.337 e. The average molecular weight is 294 g/mol. The number of anilines is 1. The summed E-state index contributed by atoms with van der Waals surface area (Å²) in [5, 5.41) is 2.74. The number of hydrogen-bond acceptors (Lipinski definition) is 5. The lowest BCUT2D eigenvalue weighted by Crippen LogP contribution is -2.16. The van der Waals surface area contributed by atoms with Crippen LogP contribution in [0.5, 0.6) is 5.75 Å². The zero-order valence-corrected chi connectivity index (χ0v) is 12.6. The highest BCUT2D eigenvalue weighted by Crippen LogP contribution is 2.27. The number of nitrogens with two attached hydrogens (primary N) is 1. The number of nitrogens with one attached hydrogen (secondary N) is 1. The van der Waals surface area contributed by atoms with Crippen LogP contribution in [0.2, 0.25) is 0 Å². The van der Waals surface area contributed by atoms with Crippen molar-refractivity contribution in [3.8, 4) is 5.75 Å². The summed E-state index contributed by atoms with van der Waals surface area (Å²) in [5.41, 5.74) is 6.18. The highest BCUT2D eigenvalue weighted by atomic mass is 16.5. The van der Waals surface area contributed by atoms with E-state index in [1.54, 1.807) is 18.2 Å². The van der Waals surface area contributed by atoms with Gasteiger partial charge in [-0.3, -0.25) is 4.79 Å². The van der Waals surface area contributed by atoms with Crippen LogP contribution in [-0.4, -0.2) is 31.6 Å². The second-order valence-corrected chi connectivity index (χ2v) is 4.81. The highest BCUT2D eigenvalue weighted by Gasteiger charge is 2.13. The molecule has 0 aliphatic carbocycles. The van der Waals surface area contributed by atoms with Gasteiger partial charge in [-0.2, -0.15) is 0 Å². The monoisotopic (exact) mass is 294 g/mol. The molecule has 0 aliphatic heterocycles. The normalized spacial score (nSPS) is 10.3. The Bertz CT molecular complexity index is 500. The molecule has 1 amide bonds. The minimum atomic E-state index is -0.469. The Morgan fingerprint density at radius 1 is 1.33 bits per heavy atom. The van der Waals surface area contributed by atoms with Crippen LogP contribution in [0.1, 0.15) is 37.0 Å². The quantitative estimate of drug-likeness (QED) is 0.750. The number of rotatable bonds is 7. The number of methoxy groups -OCH3 is 1. The second-order valence-electron chi connectivity index (χ2n) is 4.81. The van der Waals surface area contributed by atoms with Crippen LogP contribution in [0, 0.1) is 0 Å². The summed E-state index contributed by atoms with van der Waals surface area (Å²) in [4.78, 5) is 23.4. The minimum Gasteiger partial charge on any atom is -0.489 e. The topological polar surface area (TPSA) is 90.6 Å².